The zero-order valence-electron chi connectivity index (χ0n) is 18.3. The normalized spacial score (nSPS) is 19.4. The first-order valence-electron chi connectivity index (χ1n) is 11.4. The molecule has 0 bridgehead atoms. The minimum absolute atomic E-state index is 0.196. The summed E-state index contributed by atoms with van der Waals surface area (Å²) < 4.78 is 17.3. The fourth-order valence-electron chi connectivity index (χ4n) is 4.02. The minimum atomic E-state index is 0.196. The molecule has 1 unspecified atom stereocenters. The predicted molar refractivity (Wildman–Crippen MR) is 122 cm³/mol. The number of aliphatic imine (C=N–C) groups is 1. The van der Waals surface area contributed by atoms with E-state index in [-0.39, 0.29) is 6.04 Å². The molecule has 1 atom stereocenters. The monoisotopic (exact) mass is 423 g/mol. The van der Waals surface area contributed by atoms with Crippen molar-refractivity contribution in [2.24, 2.45) is 4.99 Å². The second kappa shape index (κ2) is 11.2. The SMILES string of the molecule is CCNC(=NCc1cccc(COC2CCOCC2)c1)NC1CCOc2ccccc21. The maximum Gasteiger partial charge on any atom is 0.192 e. The number of guanidine groups is 1. The molecule has 0 aliphatic carbocycles. The van der Waals surface area contributed by atoms with Gasteiger partial charge in [-0.3, -0.25) is 0 Å². The molecule has 1 saturated heterocycles. The maximum absolute atomic E-state index is 6.07. The van der Waals surface area contributed by atoms with Crippen LogP contribution in [0, 0.1) is 0 Å². The van der Waals surface area contributed by atoms with E-state index in [0.29, 0.717) is 25.9 Å². The molecular formula is C25H33N3O3. The molecule has 0 aromatic heterocycles. The van der Waals surface area contributed by atoms with Crippen molar-refractivity contribution in [3.8, 4) is 5.75 Å². The molecule has 0 spiro atoms. The highest BCUT2D eigenvalue weighted by molar-refractivity contribution is 5.80. The molecule has 2 aromatic rings. The van der Waals surface area contributed by atoms with Crippen molar-refractivity contribution in [1.82, 2.24) is 10.6 Å². The molecule has 2 N–H and O–H groups in total. The maximum atomic E-state index is 6.07. The zero-order chi connectivity index (χ0) is 21.3. The summed E-state index contributed by atoms with van der Waals surface area (Å²) in [5.41, 5.74) is 3.56. The molecule has 0 amide bonds. The lowest BCUT2D eigenvalue weighted by Crippen LogP contribution is -2.41. The molecule has 2 aromatic carbocycles. The summed E-state index contributed by atoms with van der Waals surface area (Å²) in [6.07, 6.45) is 3.19. The number of nitrogens with one attached hydrogen (secondary N) is 2. The van der Waals surface area contributed by atoms with E-state index in [2.05, 4.69) is 54.0 Å². The van der Waals surface area contributed by atoms with Crippen LogP contribution in [0.4, 0.5) is 0 Å². The van der Waals surface area contributed by atoms with Crippen LogP contribution in [0.3, 0.4) is 0 Å². The first-order chi connectivity index (χ1) is 15.3. The average molecular weight is 424 g/mol. The number of nitrogens with zero attached hydrogens (tertiary/aromatic N) is 1. The number of rotatable bonds is 7. The lowest BCUT2D eigenvalue weighted by atomic mass is 10.0. The van der Waals surface area contributed by atoms with Crippen molar-refractivity contribution in [2.75, 3.05) is 26.4 Å². The van der Waals surface area contributed by atoms with Crippen LogP contribution in [0.5, 0.6) is 5.75 Å². The summed E-state index contributed by atoms with van der Waals surface area (Å²) in [5, 5.41) is 6.96. The molecule has 2 heterocycles. The predicted octanol–water partition coefficient (Wildman–Crippen LogP) is 3.96. The Balaban J connectivity index is 1.37. The van der Waals surface area contributed by atoms with Gasteiger partial charge in [-0.15, -0.1) is 0 Å². The smallest absolute Gasteiger partial charge is 0.192 e. The van der Waals surface area contributed by atoms with Gasteiger partial charge >= 0.3 is 0 Å². The quantitative estimate of drug-likeness (QED) is 0.521. The summed E-state index contributed by atoms with van der Waals surface area (Å²) in [6.45, 7) is 6.47. The molecule has 0 saturated carbocycles. The standard InChI is InChI=1S/C25H33N3O3/c1-2-26-25(28-23-12-15-30-24-9-4-3-8-22(23)24)27-17-19-6-5-7-20(16-19)18-31-21-10-13-29-14-11-21/h3-9,16,21,23H,2,10-15,17-18H2,1H3,(H2,26,27,28). The lowest BCUT2D eigenvalue weighted by Gasteiger charge is -2.28. The van der Waals surface area contributed by atoms with Crippen molar-refractivity contribution in [2.45, 2.75) is 51.5 Å². The van der Waals surface area contributed by atoms with Gasteiger partial charge < -0.3 is 24.8 Å². The van der Waals surface area contributed by atoms with Gasteiger partial charge in [0, 0.05) is 31.7 Å². The van der Waals surface area contributed by atoms with E-state index >= 15 is 0 Å². The first kappa shape index (κ1) is 21.7. The Bertz CT molecular complexity index is 865. The molecule has 2 aliphatic rings. The first-order valence-corrected chi connectivity index (χ1v) is 11.4. The van der Waals surface area contributed by atoms with E-state index in [0.717, 1.165) is 50.7 Å². The number of ether oxygens (including phenoxy) is 3. The summed E-state index contributed by atoms with van der Waals surface area (Å²) in [6, 6.07) is 16.9. The van der Waals surface area contributed by atoms with Crippen molar-refractivity contribution < 1.29 is 14.2 Å². The summed E-state index contributed by atoms with van der Waals surface area (Å²) >= 11 is 0. The van der Waals surface area contributed by atoms with Crippen molar-refractivity contribution in [3.63, 3.8) is 0 Å². The van der Waals surface area contributed by atoms with Crippen LogP contribution in [0.15, 0.2) is 53.5 Å². The second-order valence-electron chi connectivity index (χ2n) is 8.01. The van der Waals surface area contributed by atoms with E-state index in [4.69, 9.17) is 19.2 Å². The third-order valence-corrected chi connectivity index (χ3v) is 5.68. The van der Waals surface area contributed by atoms with Crippen LogP contribution >= 0.6 is 0 Å². The zero-order valence-corrected chi connectivity index (χ0v) is 18.3. The number of hydrogen-bond donors (Lipinski definition) is 2. The van der Waals surface area contributed by atoms with Crippen LogP contribution < -0.4 is 15.4 Å². The van der Waals surface area contributed by atoms with Gasteiger partial charge in [-0.1, -0.05) is 42.5 Å². The molecule has 0 radical (unpaired) electrons. The van der Waals surface area contributed by atoms with E-state index in [1.165, 1.54) is 16.7 Å². The van der Waals surface area contributed by atoms with Crippen molar-refractivity contribution in [3.05, 3.63) is 65.2 Å². The number of fused-ring (bicyclic) bond motifs is 1. The molecule has 4 rings (SSSR count). The second-order valence-corrected chi connectivity index (χ2v) is 8.01. The van der Waals surface area contributed by atoms with E-state index in [9.17, 15) is 0 Å². The Labute approximate surface area is 185 Å². The fourth-order valence-corrected chi connectivity index (χ4v) is 4.02. The van der Waals surface area contributed by atoms with Crippen molar-refractivity contribution in [1.29, 1.82) is 0 Å². The van der Waals surface area contributed by atoms with Gasteiger partial charge in [-0.05, 0) is 37.0 Å². The van der Waals surface area contributed by atoms with E-state index in [1.807, 2.05) is 12.1 Å². The third-order valence-electron chi connectivity index (χ3n) is 5.68. The number of para-hydroxylation sites is 1. The number of hydrogen-bond acceptors (Lipinski definition) is 4. The highest BCUT2D eigenvalue weighted by Gasteiger charge is 2.21. The van der Waals surface area contributed by atoms with Gasteiger partial charge in [0.05, 0.1) is 31.9 Å². The van der Waals surface area contributed by atoms with Gasteiger partial charge in [0.15, 0.2) is 5.96 Å². The van der Waals surface area contributed by atoms with Gasteiger partial charge in [-0.25, -0.2) is 4.99 Å². The highest BCUT2D eigenvalue weighted by atomic mass is 16.5. The van der Waals surface area contributed by atoms with E-state index in [1.54, 1.807) is 0 Å². The number of benzene rings is 2. The molecule has 1 fully saturated rings. The molecule has 6 nitrogen and oxygen atoms in total. The summed E-state index contributed by atoms with van der Waals surface area (Å²) in [7, 11) is 0. The lowest BCUT2D eigenvalue weighted by molar-refractivity contribution is -0.0390. The molecular weight excluding hydrogens is 390 g/mol. The van der Waals surface area contributed by atoms with E-state index < -0.39 is 0 Å². The largest absolute Gasteiger partial charge is 0.493 e. The van der Waals surface area contributed by atoms with Crippen LogP contribution in [0.2, 0.25) is 0 Å². The molecule has 2 aliphatic heterocycles. The summed E-state index contributed by atoms with van der Waals surface area (Å²) in [4.78, 5) is 4.84. The van der Waals surface area contributed by atoms with Gasteiger partial charge in [0.25, 0.3) is 0 Å². The van der Waals surface area contributed by atoms with Gasteiger partial charge in [0.2, 0.25) is 0 Å². The Morgan fingerprint density at radius 2 is 1.87 bits per heavy atom. The molecule has 6 heteroatoms. The topological polar surface area (TPSA) is 64.1 Å². The fraction of sp³-hybridized carbons (Fsp3) is 0.480. The third kappa shape index (κ3) is 6.21. The van der Waals surface area contributed by atoms with Crippen molar-refractivity contribution >= 4 is 5.96 Å². The van der Waals surface area contributed by atoms with Gasteiger partial charge in [0.1, 0.15) is 5.75 Å². The van der Waals surface area contributed by atoms with Gasteiger partial charge in [-0.2, -0.15) is 0 Å². The van der Waals surface area contributed by atoms with Crippen LogP contribution in [0.1, 0.15) is 48.9 Å². The Kier molecular flexibility index (Phi) is 7.80. The highest BCUT2D eigenvalue weighted by Crippen LogP contribution is 2.31. The average Bonchev–Trinajstić information content (AvgIpc) is 2.82. The molecule has 166 valence electrons. The van der Waals surface area contributed by atoms with Crippen LogP contribution in [-0.4, -0.2) is 38.4 Å². The Morgan fingerprint density at radius 1 is 1.03 bits per heavy atom. The minimum Gasteiger partial charge on any atom is -0.493 e. The van der Waals surface area contributed by atoms with Crippen LogP contribution in [0.25, 0.3) is 0 Å². The summed E-state index contributed by atoms with van der Waals surface area (Å²) in [5.74, 6) is 1.78. The Hall–Kier alpha value is -2.57. The Morgan fingerprint density at radius 3 is 2.74 bits per heavy atom. The molecule has 31 heavy (non-hydrogen) atoms. The van der Waals surface area contributed by atoms with Crippen LogP contribution in [-0.2, 0) is 22.6 Å².